The van der Waals surface area contributed by atoms with Crippen molar-refractivity contribution in [2.75, 3.05) is 13.1 Å². The highest BCUT2D eigenvalue weighted by atomic mass is 16.1. The van der Waals surface area contributed by atoms with Crippen LogP contribution in [-0.4, -0.2) is 28.8 Å². The van der Waals surface area contributed by atoms with E-state index in [-0.39, 0.29) is 11.8 Å². The summed E-state index contributed by atoms with van der Waals surface area (Å²) in [6.07, 6.45) is 5.61. The van der Waals surface area contributed by atoms with E-state index in [2.05, 4.69) is 40.0 Å². The molecule has 2 aromatic rings. The Morgan fingerprint density at radius 3 is 2.64 bits per heavy atom. The molecule has 5 nitrogen and oxygen atoms in total. The zero-order chi connectivity index (χ0) is 15.2. The molecular formula is C17H22N4O. The van der Waals surface area contributed by atoms with Gasteiger partial charge in [0.25, 0.3) is 0 Å². The third-order valence-corrected chi connectivity index (χ3v) is 4.10. The Kier molecular flexibility index (Phi) is 4.85. The summed E-state index contributed by atoms with van der Waals surface area (Å²) in [5.41, 5.74) is 2.34. The van der Waals surface area contributed by atoms with Crippen molar-refractivity contribution in [2.24, 2.45) is 5.92 Å². The molecule has 0 atom stereocenters. The van der Waals surface area contributed by atoms with E-state index in [1.165, 1.54) is 5.56 Å². The quantitative estimate of drug-likeness (QED) is 0.880. The number of nitrogens with zero attached hydrogens (tertiary/aromatic N) is 2. The molecule has 3 rings (SSSR count). The summed E-state index contributed by atoms with van der Waals surface area (Å²) in [4.78, 5) is 12.1. The predicted molar refractivity (Wildman–Crippen MR) is 85.2 cm³/mol. The van der Waals surface area contributed by atoms with Crippen molar-refractivity contribution < 1.29 is 4.79 Å². The van der Waals surface area contributed by atoms with Crippen LogP contribution < -0.4 is 10.6 Å². The second-order valence-electron chi connectivity index (χ2n) is 5.76. The van der Waals surface area contributed by atoms with Crippen molar-refractivity contribution in [1.82, 2.24) is 20.4 Å². The lowest BCUT2D eigenvalue weighted by molar-refractivity contribution is -0.125. The summed E-state index contributed by atoms with van der Waals surface area (Å²) in [7, 11) is 0. The molecule has 1 fully saturated rings. The molecule has 0 spiro atoms. The number of amides is 1. The minimum atomic E-state index is 0.167. The smallest absolute Gasteiger partial charge is 0.223 e. The zero-order valence-corrected chi connectivity index (χ0v) is 12.7. The molecule has 0 bridgehead atoms. The second-order valence-corrected chi connectivity index (χ2v) is 5.76. The number of rotatable bonds is 5. The Morgan fingerprint density at radius 2 is 1.95 bits per heavy atom. The first-order valence-corrected chi connectivity index (χ1v) is 7.85. The Bertz CT molecular complexity index is 586. The molecule has 22 heavy (non-hydrogen) atoms. The van der Waals surface area contributed by atoms with Gasteiger partial charge in [-0.2, -0.15) is 5.10 Å². The Hall–Kier alpha value is -2.14. The topological polar surface area (TPSA) is 59.0 Å². The molecule has 2 N–H and O–H groups in total. The lowest BCUT2D eigenvalue weighted by atomic mass is 9.97. The summed E-state index contributed by atoms with van der Waals surface area (Å²) in [5, 5.41) is 10.5. The van der Waals surface area contributed by atoms with E-state index < -0.39 is 0 Å². The molecule has 1 aliphatic heterocycles. The maximum absolute atomic E-state index is 12.1. The standard InChI is InChI=1S/C17H22N4O/c22-17(16-6-9-18-10-7-16)19-12-14-2-4-15(5-3-14)13-21-11-1-8-20-21/h1-5,8,11,16,18H,6-7,9-10,12-13H2,(H,19,22). The summed E-state index contributed by atoms with van der Waals surface area (Å²) < 4.78 is 1.90. The van der Waals surface area contributed by atoms with Gasteiger partial charge in [-0.25, -0.2) is 0 Å². The van der Waals surface area contributed by atoms with Crippen LogP contribution in [0.15, 0.2) is 42.7 Å². The predicted octanol–water partition coefficient (Wildman–Crippen LogP) is 1.55. The molecule has 0 unspecified atom stereocenters. The molecule has 1 saturated heterocycles. The van der Waals surface area contributed by atoms with Crippen molar-refractivity contribution in [3.05, 3.63) is 53.9 Å². The van der Waals surface area contributed by atoms with Crippen LogP contribution in [0.3, 0.4) is 0 Å². The van der Waals surface area contributed by atoms with Gasteiger partial charge in [-0.15, -0.1) is 0 Å². The lowest BCUT2D eigenvalue weighted by Gasteiger charge is -2.21. The van der Waals surface area contributed by atoms with Gasteiger partial charge in [0.05, 0.1) is 6.54 Å². The summed E-state index contributed by atoms with van der Waals surface area (Å²) >= 11 is 0. The molecule has 2 heterocycles. The SMILES string of the molecule is O=C(NCc1ccc(Cn2cccn2)cc1)C1CCNCC1. The number of hydrogen-bond acceptors (Lipinski definition) is 3. The minimum absolute atomic E-state index is 0.167. The van der Waals surface area contributed by atoms with Crippen LogP contribution in [-0.2, 0) is 17.9 Å². The monoisotopic (exact) mass is 298 g/mol. The summed E-state index contributed by atoms with van der Waals surface area (Å²) in [6, 6.07) is 10.2. The van der Waals surface area contributed by atoms with E-state index >= 15 is 0 Å². The molecule has 116 valence electrons. The third kappa shape index (κ3) is 3.95. The Balaban J connectivity index is 1.49. The zero-order valence-electron chi connectivity index (χ0n) is 12.7. The lowest BCUT2D eigenvalue weighted by Crippen LogP contribution is -2.37. The average molecular weight is 298 g/mol. The number of carbonyl (C=O) groups excluding carboxylic acids is 1. The van der Waals surface area contributed by atoms with E-state index in [0.29, 0.717) is 6.54 Å². The maximum Gasteiger partial charge on any atom is 0.223 e. The third-order valence-electron chi connectivity index (χ3n) is 4.10. The first-order chi connectivity index (χ1) is 10.8. The van der Waals surface area contributed by atoms with Crippen LogP contribution in [0.1, 0.15) is 24.0 Å². The Labute approximate surface area is 130 Å². The van der Waals surface area contributed by atoms with Gasteiger partial charge in [-0.05, 0) is 43.1 Å². The average Bonchev–Trinajstić information content (AvgIpc) is 3.08. The maximum atomic E-state index is 12.1. The molecule has 1 aromatic carbocycles. The van der Waals surface area contributed by atoms with Crippen molar-refractivity contribution in [1.29, 1.82) is 0 Å². The van der Waals surface area contributed by atoms with Gasteiger partial charge < -0.3 is 10.6 Å². The van der Waals surface area contributed by atoms with Gasteiger partial charge in [-0.1, -0.05) is 24.3 Å². The number of hydrogen-bond donors (Lipinski definition) is 2. The van der Waals surface area contributed by atoms with E-state index in [4.69, 9.17) is 0 Å². The molecule has 1 amide bonds. The fourth-order valence-corrected chi connectivity index (χ4v) is 2.76. The van der Waals surface area contributed by atoms with E-state index in [9.17, 15) is 4.79 Å². The van der Waals surface area contributed by atoms with Gasteiger partial charge in [0, 0.05) is 24.9 Å². The molecular weight excluding hydrogens is 276 g/mol. The second kappa shape index (κ2) is 7.22. The van der Waals surface area contributed by atoms with Crippen molar-refractivity contribution in [2.45, 2.75) is 25.9 Å². The van der Waals surface area contributed by atoms with Crippen LogP contribution in [0.4, 0.5) is 0 Å². The van der Waals surface area contributed by atoms with Crippen LogP contribution in [0.2, 0.25) is 0 Å². The van der Waals surface area contributed by atoms with Gasteiger partial charge in [0.1, 0.15) is 0 Å². The fourth-order valence-electron chi connectivity index (χ4n) is 2.76. The van der Waals surface area contributed by atoms with Crippen LogP contribution in [0.5, 0.6) is 0 Å². The number of benzene rings is 1. The van der Waals surface area contributed by atoms with Gasteiger partial charge >= 0.3 is 0 Å². The molecule has 0 radical (unpaired) electrons. The molecule has 0 aliphatic carbocycles. The molecule has 1 aliphatic rings. The Morgan fingerprint density at radius 1 is 1.23 bits per heavy atom. The first-order valence-electron chi connectivity index (χ1n) is 7.85. The molecule has 1 aromatic heterocycles. The fraction of sp³-hybridized carbons (Fsp3) is 0.412. The van der Waals surface area contributed by atoms with Crippen LogP contribution in [0, 0.1) is 5.92 Å². The molecule has 5 heteroatoms. The number of piperidine rings is 1. The van der Waals surface area contributed by atoms with Gasteiger partial charge in [0.2, 0.25) is 5.91 Å². The summed E-state index contributed by atoms with van der Waals surface area (Å²) in [5.74, 6) is 0.349. The van der Waals surface area contributed by atoms with Gasteiger partial charge in [-0.3, -0.25) is 9.48 Å². The molecule has 0 saturated carbocycles. The van der Waals surface area contributed by atoms with Crippen LogP contribution in [0.25, 0.3) is 0 Å². The number of nitrogens with one attached hydrogen (secondary N) is 2. The van der Waals surface area contributed by atoms with Crippen molar-refractivity contribution >= 4 is 5.91 Å². The van der Waals surface area contributed by atoms with Crippen molar-refractivity contribution in [3.63, 3.8) is 0 Å². The van der Waals surface area contributed by atoms with Crippen LogP contribution >= 0.6 is 0 Å². The highest BCUT2D eigenvalue weighted by Gasteiger charge is 2.20. The highest BCUT2D eigenvalue weighted by molar-refractivity contribution is 5.78. The largest absolute Gasteiger partial charge is 0.352 e. The highest BCUT2D eigenvalue weighted by Crippen LogP contribution is 2.12. The van der Waals surface area contributed by atoms with E-state index in [0.717, 1.165) is 38.0 Å². The number of carbonyl (C=O) groups is 1. The first kappa shape index (κ1) is 14.8. The normalized spacial score (nSPS) is 15.6. The van der Waals surface area contributed by atoms with Crippen molar-refractivity contribution in [3.8, 4) is 0 Å². The van der Waals surface area contributed by atoms with Gasteiger partial charge in [0.15, 0.2) is 0 Å². The minimum Gasteiger partial charge on any atom is -0.352 e. The van der Waals surface area contributed by atoms with E-state index in [1.807, 2.05) is 16.9 Å². The van der Waals surface area contributed by atoms with E-state index in [1.54, 1.807) is 6.20 Å². The summed E-state index contributed by atoms with van der Waals surface area (Å²) in [6.45, 7) is 3.26. The number of aromatic nitrogens is 2.